The molecule has 0 fully saturated rings. The maximum Gasteiger partial charge on any atom is 0.175 e. The molecule has 0 amide bonds. The molecule has 0 aromatic heterocycles. The van der Waals surface area contributed by atoms with Crippen LogP contribution in [0.2, 0.25) is 0 Å². The molecule has 0 bridgehead atoms. The lowest BCUT2D eigenvalue weighted by atomic mass is 10.3. The number of likely N-dealkylation sites (N-methyl/N-ethyl adjacent to an activating group) is 1. The van der Waals surface area contributed by atoms with E-state index >= 15 is 0 Å². The third-order valence-corrected chi connectivity index (χ3v) is 2.82. The van der Waals surface area contributed by atoms with E-state index in [1.165, 1.54) is 0 Å². The first-order valence-electron chi connectivity index (χ1n) is 5.51. The van der Waals surface area contributed by atoms with Crippen LogP contribution >= 0.6 is 15.9 Å². The monoisotopic (exact) mass is 299 g/mol. The maximum absolute atomic E-state index is 5.71. The van der Waals surface area contributed by atoms with Crippen LogP contribution in [0.25, 0.3) is 0 Å². The summed E-state index contributed by atoms with van der Waals surface area (Å²) in [6.45, 7) is 8.18. The lowest BCUT2D eigenvalue weighted by molar-refractivity contribution is 0.315. The van der Waals surface area contributed by atoms with Gasteiger partial charge >= 0.3 is 0 Å². The van der Waals surface area contributed by atoms with Gasteiger partial charge in [0.05, 0.1) is 11.6 Å². The van der Waals surface area contributed by atoms with E-state index in [4.69, 9.17) is 9.47 Å². The molecule has 1 rings (SSSR count). The Morgan fingerprint density at radius 3 is 2.88 bits per heavy atom. The van der Waals surface area contributed by atoms with Crippen LogP contribution in [0.3, 0.4) is 0 Å². The highest BCUT2D eigenvalue weighted by Crippen LogP contribution is 2.34. The standard InChI is InChI=1S/C13H18BrNO2/c1-4-15-8-10(2)9-17-13-11(14)6-5-7-12(13)16-3/h5-7,15H,2,4,8-9H2,1,3H3. The van der Waals surface area contributed by atoms with E-state index in [2.05, 4.69) is 34.7 Å². The molecule has 0 spiro atoms. The molecular formula is C13H18BrNO2. The van der Waals surface area contributed by atoms with E-state index < -0.39 is 0 Å². The molecule has 1 aromatic rings. The normalized spacial score (nSPS) is 10.1. The van der Waals surface area contributed by atoms with Crippen molar-refractivity contribution in [1.82, 2.24) is 5.32 Å². The Balaban J connectivity index is 2.59. The van der Waals surface area contributed by atoms with Gasteiger partial charge < -0.3 is 14.8 Å². The van der Waals surface area contributed by atoms with E-state index in [1.807, 2.05) is 18.2 Å². The highest BCUT2D eigenvalue weighted by atomic mass is 79.9. The molecule has 0 radical (unpaired) electrons. The summed E-state index contributed by atoms with van der Waals surface area (Å²) in [6, 6.07) is 5.70. The van der Waals surface area contributed by atoms with Gasteiger partial charge in [-0.2, -0.15) is 0 Å². The summed E-state index contributed by atoms with van der Waals surface area (Å²) in [5.74, 6) is 1.43. The molecule has 4 heteroatoms. The molecule has 0 unspecified atom stereocenters. The number of para-hydroxylation sites is 1. The molecule has 3 nitrogen and oxygen atoms in total. The van der Waals surface area contributed by atoms with Gasteiger partial charge in [-0.25, -0.2) is 0 Å². The number of nitrogens with one attached hydrogen (secondary N) is 1. The van der Waals surface area contributed by atoms with Gasteiger partial charge in [0, 0.05) is 6.54 Å². The number of hydrogen-bond donors (Lipinski definition) is 1. The Morgan fingerprint density at radius 2 is 2.24 bits per heavy atom. The van der Waals surface area contributed by atoms with Crippen LogP contribution < -0.4 is 14.8 Å². The number of halogens is 1. The zero-order valence-corrected chi connectivity index (χ0v) is 11.8. The van der Waals surface area contributed by atoms with Crippen LogP contribution in [0.1, 0.15) is 6.92 Å². The molecular weight excluding hydrogens is 282 g/mol. The Kier molecular flexibility index (Phi) is 6.08. The smallest absolute Gasteiger partial charge is 0.175 e. The number of ether oxygens (including phenoxy) is 2. The quantitative estimate of drug-likeness (QED) is 0.785. The second-order valence-electron chi connectivity index (χ2n) is 3.59. The van der Waals surface area contributed by atoms with Crippen molar-refractivity contribution in [2.45, 2.75) is 6.92 Å². The highest BCUT2D eigenvalue weighted by Gasteiger charge is 2.08. The van der Waals surface area contributed by atoms with Crippen molar-refractivity contribution in [2.75, 3.05) is 26.8 Å². The second kappa shape index (κ2) is 7.35. The zero-order valence-electron chi connectivity index (χ0n) is 10.3. The van der Waals surface area contributed by atoms with Crippen molar-refractivity contribution in [3.05, 3.63) is 34.8 Å². The van der Waals surface area contributed by atoms with Crippen molar-refractivity contribution < 1.29 is 9.47 Å². The van der Waals surface area contributed by atoms with Crippen molar-refractivity contribution in [3.63, 3.8) is 0 Å². The summed E-state index contributed by atoms with van der Waals surface area (Å²) in [5, 5.41) is 3.20. The zero-order chi connectivity index (χ0) is 12.7. The third kappa shape index (κ3) is 4.40. The highest BCUT2D eigenvalue weighted by molar-refractivity contribution is 9.10. The van der Waals surface area contributed by atoms with E-state index in [0.29, 0.717) is 12.4 Å². The fraction of sp³-hybridized carbons (Fsp3) is 0.385. The molecule has 1 N–H and O–H groups in total. The molecule has 0 aliphatic carbocycles. The SMILES string of the molecule is C=C(CNCC)COc1c(Br)cccc1OC. The summed E-state index contributed by atoms with van der Waals surface area (Å²) in [4.78, 5) is 0. The van der Waals surface area contributed by atoms with Crippen LogP contribution in [0, 0.1) is 0 Å². The first-order chi connectivity index (χ1) is 8.19. The van der Waals surface area contributed by atoms with Crippen LogP contribution in [0.15, 0.2) is 34.8 Å². The van der Waals surface area contributed by atoms with Gasteiger partial charge in [0.1, 0.15) is 6.61 Å². The first kappa shape index (κ1) is 14.1. The average Bonchev–Trinajstić information content (AvgIpc) is 2.34. The lowest BCUT2D eigenvalue weighted by Crippen LogP contribution is -2.19. The fourth-order valence-corrected chi connectivity index (χ4v) is 1.78. The summed E-state index contributed by atoms with van der Waals surface area (Å²) in [6.07, 6.45) is 0. The minimum absolute atomic E-state index is 0.478. The summed E-state index contributed by atoms with van der Waals surface area (Å²) in [7, 11) is 1.63. The topological polar surface area (TPSA) is 30.5 Å². The number of methoxy groups -OCH3 is 1. The van der Waals surface area contributed by atoms with E-state index in [-0.39, 0.29) is 0 Å². The first-order valence-corrected chi connectivity index (χ1v) is 6.31. The maximum atomic E-state index is 5.71. The summed E-state index contributed by atoms with van der Waals surface area (Å²) in [5.41, 5.74) is 1.00. The van der Waals surface area contributed by atoms with Crippen molar-refractivity contribution >= 4 is 15.9 Å². The Hall–Kier alpha value is -1.00. The van der Waals surface area contributed by atoms with Crippen molar-refractivity contribution in [3.8, 4) is 11.5 Å². The van der Waals surface area contributed by atoms with Crippen molar-refractivity contribution in [2.24, 2.45) is 0 Å². The molecule has 0 heterocycles. The van der Waals surface area contributed by atoms with Gasteiger partial charge in [-0.05, 0) is 40.2 Å². The fourth-order valence-electron chi connectivity index (χ4n) is 1.32. The van der Waals surface area contributed by atoms with Crippen LogP contribution in [-0.2, 0) is 0 Å². The largest absolute Gasteiger partial charge is 0.493 e. The Bertz CT molecular complexity index is 380. The van der Waals surface area contributed by atoms with Crippen LogP contribution in [0.4, 0.5) is 0 Å². The molecule has 17 heavy (non-hydrogen) atoms. The van der Waals surface area contributed by atoms with Crippen molar-refractivity contribution in [1.29, 1.82) is 0 Å². The Labute approximate surface area is 111 Å². The van der Waals surface area contributed by atoms with Gasteiger partial charge in [0.2, 0.25) is 0 Å². The average molecular weight is 300 g/mol. The molecule has 0 aliphatic rings. The van der Waals surface area contributed by atoms with Gasteiger partial charge in [-0.1, -0.05) is 19.6 Å². The third-order valence-electron chi connectivity index (χ3n) is 2.20. The predicted octanol–water partition coefficient (Wildman–Crippen LogP) is 3.00. The molecule has 0 saturated heterocycles. The van der Waals surface area contributed by atoms with Crippen LogP contribution in [-0.4, -0.2) is 26.8 Å². The Morgan fingerprint density at radius 1 is 1.47 bits per heavy atom. The predicted molar refractivity (Wildman–Crippen MR) is 73.9 cm³/mol. The van der Waals surface area contributed by atoms with Gasteiger partial charge in [-0.3, -0.25) is 0 Å². The molecule has 0 aliphatic heterocycles. The van der Waals surface area contributed by atoms with Gasteiger partial charge in [0.15, 0.2) is 11.5 Å². The number of hydrogen-bond acceptors (Lipinski definition) is 3. The molecule has 1 aromatic carbocycles. The number of benzene rings is 1. The molecule has 94 valence electrons. The van der Waals surface area contributed by atoms with Gasteiger partial charge in [0.25, 0.3) is 0 Å². The molecule has 0 atom stereocenters. The van der Waals surface area contributed by atoms with Crippen LogP contribution in [0.5, 0.6) is 11.5 Å². The van der Waals surface area contributed by atoms with Gasteiger partial charge in [-0.15, -0.1) is 0 Å². The number of rotatable bonds is 7. The lowest BCUT2D eigenvalue weighted by Gasteiger charge is -2.13. The van der Waals surface area contributed by atoms with E-state index in [1.54, 1.807) is 7.11 Å². The summed E-state index contributed by atoms with van der Waals surface area (Å²) < 4.78 is 11.8. The second-order valence-corrected chi connectivity index (χ2v) is 4.44. The minimum atomic E-state index is 0.478. The van der Waals surface area contributed by atoms with E-state index in [9.17, 15) is 0 Å². The van der Waals surface area contributed by atoms with E-state index in [0.717, 1.165) is 28.9 Å². The minimum Gasteiger partial charge on any atom is -0.493 e. The summed E-state index contributed by atoms with van der Waals surface area (Å²) >= 11 is 3.44. The molecule has 0 saturated carbocycles.